The Morgan fingerprint density at radius 2 is 1.55 bits per heavy atom. The summed E-state index contributed by atoms with van der Waals surface area (Å²) in [7, 11) is 0. The molecular weight excluding hydrogens is 470 g/mol. The lowest BCUT2D eigenvalue weighted by atomic mass is 9.86. The van der Waals surface area contributed by atoms with Crippen molar-refractivity contribution in [3.8, 4) is 16.9 Å². The van der Waals surface area contributed by atoms with E-state index in [1.807, 2.05) is 47.7 Å². The highest BCUT2D eigenvalue weighted by molar-refractivity contribution is 6.14. The lowest BCUT2D eigenvalue weighted by Gasteiger charge is -2.25. The van der Waals surface area contributed by atoms with Gasteiger partial charge in [-0.25, -0.2) is 4.68 Å². The number of para-hydroxylation sites is 1. The summed E-state index contributed by atoms with van der Waals surface area (Å²) in [6.45, 7) is 16.7. The second kappa shape index (κ2) is 9.09. The molecular formula is C33H35N3O2. The van der Waals surface area contributed by atoms with Crippen LogP contribution in [0, 0.1) is 27.7 Å². The number of ketones is 1. The van der Waals surface area contributed by atoms with E-state index in [1.165, 1.54) is 5.56 Å². The summed E-state index contributed by atoms with van der Waals surface area (Å²) in [5, 5.41) is 5.06. The third-order valence-corrected chi connectivity index (χ3v) is 7.62. The maximum absolute atomic E-state index is 14.2. The van der Waals surface area contributed by atoms with Gasteiger partial charge in [-0.1, -0.05) is 63.2 Å². The number of rotatable bonds is 4. The lowest BCUT2D eigenvalue weighted by molar-refractivity contribution is 0.0993. The number of aryl methyl sites for hydroxylation is 4. The van der Waals surface area contributed by atoms with Crippen molar-refractivity contribution >= 4 is 17.4 Å². The zero-order valence-corrected chi connectivity index (χ0v) is 23.6. The van der Waals surface area contributed by atoms with Crippen LogP contribution in [-0.2, 0) is 12.0 Å². The molecule has 4 aromatic rings. The molecule has 0 N–H and O–H groups in total. The first-order valence-corrected chi connectivity index (χ1v) is 13.1. The van der Waals surface area contributed by atoms with Gasteiger partial charge in [0.2, 0.25) is 0 Å². The highest BCUT2D eigenvalue weighted by atomic mass is 16.2. The van der Waals surface area contributed by atoms with E-state index in [0.717, 1.165) is 50.6 Å². The minimum atomic E-state index is -0.0463. The van der Waals surface area contributed by atoms with Crippen LogP contribution in [0.1, 0.15) is 81.9 Å². The van der Waals surface area contributed by atoms with Crippen molar-refractivity contribution in [1.82, 2.24) is 9.78 Å². The molecule has 1 aliphatic rings. The lowest BCUT2D eigenvalue weighted by Crippen LogP contribution is -2.26. The molecule has 0 saturated heterocycles. The molecule has 0 atom stereocenters. The molecule has 2 heterocycles. The van der Waals surface area contributed by atoms with Crippen LogP contribution in [0.4, 0.5) is 5.69 Å². The summed E-state index contributed by atoms with van der Waals surface area (Å²) in [4.78, 5) is 28.2. The Kier molecular flexibility index (Phi) is 6.13. The number of benzene rings is 3. The molecule has 0 fully saturated rings. The van der Waals surface area contributed by atoms with E-state index in [1.54, 1.807) is 6.92 Å². The van der Waals surface area contributed by atoms with Crippen molar-refractivity contribution in [2.45, 2.75) is 67.3 Å². The van der Waals surface area contributed by atoms with Crippen LogP contribution in [0.25, 0.3) is 16.9 Å². The third kappa shape index (κ3) is 4.16. The minimum absolute atomic E-state index is 0.0268. The number of nitrogens with zero attached hydrogens (tertiary/aromatic N) is 3. The molecule has 1 amide bonds. The van der Waals surface area contributed by atoms with Crippen LogP contribution in [-0.4, -0.2) is 21.5 Å². The van der Waals surface area contributed by atoms with Crippen molar-refractivity contribution in [2.24, 2.45) is 0 Å². The number of anilines is 1. The van der Waals surface area contributed by atoms with Gasteiger partial charge in [0.1, 0.15) is 0 Å². The Bertz CT molecular complexity index is 1600. The van der Waals surface area contributed by atoms with Gasteiger partial charge in [0.05, 0.1) is 29.2 Å². The molecule has 5 rings (SSSR count). The Morgan fingerprint density at radius 3 is 2.16 bits per heavy atom. The number of hydrogen-bond acceptors (Lipinski definition) is 3. The van der Waals surface area contributed by atoms with Crippen molar-refractivity contribution in [1.29, 1.82) is 0 Å². The van der Waals surface area contributed by atoms with Crippen LogP contribution in [0.3, 0.4) is 0 Å². The summed E-state index contributed by atoms with van der Waals surface area (Å²) in [6, 6.07) is 18.4. The quantitative estimate of drug-likeness (QED) is 0.271. The molecule has 0 unspecified atom stereocenters. The van der Waals surface area contributed by atoms with E-state index in [0.29, 0.717) is 17.7 Å². The highest BCUT2D eigenvalue weighted by Gasteiger charge is 2.38. The first-order chi connectivity index (χ1) is 17.9. The summed E-state index contributed by atoms with van der Waals surface area (Å²) >= 11 is 0. The van der Waals surface area contributed by atoms with Gasteiger partial charge in [0.25, 0.3) is 5.91 Å². The zero-order valence-electron chi connectivity index (χ0n) is 23.6. The first-order valence-electron chi connectivity index (χ1n) is 13.1. The number of carbonyl (C=O) groups is 2. The van der Waals surface area contributed by atoms with Gasteiger partial charge in [0.15, 0.2) is 5.78 Å². The van der Waals surface area contributed by atoms with Crippen LogP contribution in [0.5, 0.6) is 0 Å². The molecule has 0 aliphatic carbocycles. The average Bonchev–Trinajstić information content (AvgIpc) is 3.34. The Balaban J connectivity index is 1.72. The molecule has 1 aromatic heterocycles. The molecule has 1 aliphatic heterocycles. The number of carbonyl (C=O) groups excluding carboxylic acids is 2. The van der Waals surface area contributed by atoms with Crippen LogP contribution < -0.4 is 4.90 Å². The maximum atomic E-state index is 14.2. The minimum Gasteiger partial charge on any atom is -0.302 e. The standard InChI is InChI=1S/C33H35N3O2/c1-19-12-14-25(33(6,7)8)17-28(19)35-18-27-29(32(35)38)31(24-13-15-26(23(5)37)22(4)16-24)36(34-27)30-20(2)10-9-11-21(30)3/h9-17H,18H2,1-8H3. The van der Waals surface area contributed by atoms with E-state index in [2.05, 4.69) is 65.0 Å². The van der Waals surface area contributed by atoms with Gasteiger partial charge < -0.3 is 4.90 Å². The highest BCUT2D eigenvalue weighted by Crippen LogP contribution is 2.40. The fourth-order valence-corrected chi connectivity index (χ4v) is 5.49. The summed E-state index contributed by atoms with van der Waals surface area (Å²) < 4.78 is 1.94. The number of amides is 1. The Labute approximate surface area is 225 Å². The van der Waals surface area contributed by atoms with Crippen molar-refractivity contribution in [3.63, 3.8) is 0 Å². The van der Waals surface area contributed by atoms with Crippen LogP contribution in [0.2, 0.25) is 0 Å². The monoisotopic (exact) mass is 505 g/mol. The molecule has 5 heteroatoms. The molecule has 0 radical (unpaired) electrons. The predicted octanol–water partition coefficient (Wildman–Crippen LogP) is 7.43. The van der Waals surface area contributed by atoms with Gasteiger partial charge in [-0.3, -0.25) is 9.59 Å². The topological polar surface area (TPSA) is 55.2 Å². The van der Waals surface area contributed by atoms with Gasteiger partial charge in [0, 0.05) is 16.8 Å². The second-order valence-corrected chi connectivity index (χ2v) is 11.6. The molecule has 5 nitrogen and oxygen atoms in total. The zero-order chi connectivity index (χ0) is 27.5. The van der Waals surface area contributed by atoms with Crippen molar-refractivity contribution < 1.29 is 9.59 Å². The van der Waals surface area contributed by atoms with Crippen molar-refractivity contribution in [3.05, 3.63) is 99.2 Å². The predicted molar refractivity (Wildman–Crippen MR) is 154 cm³/mol. The number of hydrogen-bond donors (Lipinski definition) is 0. The fraction of sp³-hybridized carbons (Fsp3) is 0.303. The average molecular weight is 506 g/mol. The SMILES string of the molecule is CC(=O)c1ccc(-c2c3c(nn2-c2c(C)cccc2C)CN(c2cc(C(C)(C)C)ccc2C)C3=O)cc1C. The van der Waals surface area contributed by atoms with E-state index in [-0.39, 0.29) is 17.1 Å². The van der Waals surface area contributed by atoms with Gasteiger partial charge >= 0.3 is 0 Å². The molecule has 0 bridgehead atoms. The number of Topliss-reactive ketones (excluding diaryl/α,β-unsaturated/α-hetero) is 1. The van der Waals surface area contributed by atoms with Crippen LogP contribution in [0.15, 0.2) is 54.6 Å². The molecule has 0 saturated carbocycles. The maximum Gasteiger partial charge on any atom is 0.262 e. The van der Waals surface area contributed by atoms with Gasteiger partial charge in [-0.2, -0.15) is 5.10 Å². The normalized spacial score (nSPS) is 13.3. The summed E-state index contributed by atoms with van der Waals surface area (Å²) in [5.74, 6) is -0.0195. The summed E-state index contributed by atoms with van der Waals surface area (Å²) in [6.07, 6.45) is 0. The smallest absolute Gasteiger partial charge is 0.262 e. The molecule has 38 heavy (non-hydrogen) atoms. The first kappa shape index (κ1) is 25.7. The van der Waals surface area contributed by atoms with Crippen LogP contribution >= 0.6 is 0 Å². The largest absolute Gasteiger partial charge is 0.302 e. The van der Waals surface area contributed by atoms with E-state index < -0.39 is 0 Å². The molecule has 194 valence electrons. The Morgan fingerprint density at radius 1 is 0.868 bits per heavy atom. The van der Waals surface area contributed by atoms with Gasteiger partial charge in [-0.05, 0) is 80.0 Å². The summed E-state index contributed by atoms with van der Waals surface area (Å²) in [5.41, 5.74) is 10.9. The Hall–Kier alpha value is -3.99. The molecule has 0 spiro atoms. The molecule has 3 aromatic carbocycles. The van der Waals surface area contributed by atoms with Crippen molar-refractivity contribution in [2.75, 3.05) is 4.90 Å². The second-order valence-electron chi connectivity index (χ2n) is 11.6. The fourth-order valence-electron chi connectivity index (χ4n) is 5.49. The third-order valence-electron chi connectivity index (χ3n) is 7.62. The van der Waals surface area contributed by atoms with E-state index in [4.69, 9.17) is 5.10 Å². The number of aromatic nitrogens is 2. The van der Waals surface area contributed by atoms with E-state index in [9.17, 15) is 9.59 Å². The van der Waals surface area contributed by atoms with E-state index >= 15 is 0 Å². The van der Waals surface area contributed by atoms with Gasteiger partial charge in [-0.15, -0.1) is 0 Å². The number of fused-ring (bicyclic) bond motifs is 1.